The number of rotatable bonds is 6. The van der Waals surface area contributed by atoms with Crippen LogP contribution in [0.3, 0.4) is 0 Å². The second-order valence-corrected chi connectivity index (χ2v) is 5.62. The molecule has 1 aromatic heterocycles. The topological polar surface area (TPSA) is 116 Å². The third-order valence-electron chi connectivity index (χ3n) is 3.55. The Morgan fingerprint density at radius 2 is 2.12 bits per heavy atom. The molecule has 0 aliphatic rings. The summed E-state index contributed by atoms with van der Waals surface area (Å²) in [4.78, 5) is 34.8. The number of hydrogen-bond acceptors (Lipinski definition) is 6. The molecule has 0 spiro atoms. The molecule has 0 saturated heterocycles. The van der Waals surface area contributed by atoms with Crippen LogP contribution in [0.4, 0.5) is 5.69 Å². The lowest BCUT2D eigenvalue weighted by molar-refractivity contribution is -0.385. The summed E-state index contributed by atoms with van der Waals surface area (Å²) in [6, 6.07) is 7.17. The number of hydrazone groups is 1. The summed E-state index contributed by atoms with van der Waals surface area (Å²) >= 11 is 0. The number of methoxy groups -OCH3 is 1. The number of ether oxygens (including phenoxy) is 1. The molecule has 1 aromatic carbocycles. The Hall–Kier alpha value is -3.49. The zero-order chi connectivity index (χ0) is 19.3. The van der Waals surface area contributed by atoms with Crippen LogP contribution in [0.2, 0.25) is 0 Å². The molecule has 9 heteroatoms. The van der Waals surface area contributed by atoms with Crippen LogP contribution in [0.5, 0.6) is 5.75 Å². The number of benzene rings is 1. The minimum Gasteiger partial charge on any atom is -0.490 e. The predicted molar refractivity (Wildman–Crippen MR) is 95.8 cm³/mol. The number of amides is 1. The summed E-state index contributed by atoms with van der Waals surface area (Å²) in [6.45, 7) is 3.66. The lowest BCUT2D eigenvalue weighted by atomic mass is 10.2. The monoisotopic (exact) mass is 358 g/mol. The van der Waals surface area contributed by atoms with Crippen molar-refractivity contribution in [3.63, 3.8) is 0 Å². The van der Waals surface area contributed by atoms with E-state index in [0.29, 0.717) is 5.56 Å². The summed E-state index contributed by atoms with van der Waals surface area (Å²) in [7, 11) is 1.33. The first-order chi connectivity index (χ1) is 12.3. The van der Waals surface area contributed by atoms with Crippen LogP contribution in [0.1, 0.15) is 35.8 Å². The van der Waals surface area contributed by atoms with Crippen LogP contribution in [0.15, 0.2) is 46.4 Å². The number of carbonyl (C=O) groups is 1. The largest absolute Gasteiger partial charge is 0.490 e. The highest BCUT2D eigenvalue weighted by molar-refractivity contribution is 5.94. The van der Waals surface area contributed by atoms with Crippen LogP contribution >= 0.6 is 0 Å². The maximum Gasteiger partial charge on any atom is 0.311 e. The molecule has 2 aromatic rings. The van der Waals surface area contributed by atoms with Gasteiger partial charge in [0.15, 0.2) is 5.75 Å². The first-order valence-corrected chi connectivity index (χ1v) is 7.72. The molecule has 0 bridgehead atoms. The van der Waals surface area contributed by atoms with E-state index in [2.05, 4.69) is 10.5 Å². The number of nitrogens with zero attached hydrogens (tertiary/aromatic N) is 3. The van der Waals surface area contributed by atoms with Crippen molar-refractivity contribution in [2.24, 2.45) is 5.10 Å². The summed E-state index contributed by atoms with van der Waals surface area (Å²) in [5, 5.41) is 14.8. The number of nitro benzene ring substituents is 1. The fraction of sp³-hybridized carbons (Fsp3) is 0.235. The van der Waals surface area contributed by atoms with Crippen LogP contribution in [0.25, 0.3) is 0 Å². The van der Waals surface area contributed by atoms with E-state index in [9.17, 15) is 19.7 Å². The smallest absolute Gasteiger partial charge is 0.311 e. The lowest BCUT2D eigenvalue weighted by Gasteiger charge is -2.10. The van der Waals surface area contributed by atoms with E-state index >= 15 is 0 Å². The van der Waals surface area contributed by atoms with Crippen LogP contribution in [0, 0.1) is 10.1 Å². The summed E-state index contributed by atoms with van der Waals surface area (Å²) in [5.41, 5.74) is 1.96. The average molecular weight is 358 g/mol. The molecule has 9 nitrogen and oxygen atoms in total. The quantitative estimate of drug-likeness (QED) is 0.482. The number of nitrogens with one attached hydrogen (secondary N) is 1. The van der Waals surface area contributed by atoms with Gasteiger partial charge in [0.2, 0.25) is 0 Å². The summed E-state index contributed by atoms with van der Waals surface area (Å²) in [5.74, 6) is -0.543. The van der Waals surface area contributed by atoms with Gasteiger partial charge < -0.3 is 9.30 Å². The Kier molecular flexibility index (Phi) is 5.84. The zero-order valence-electron chi connectivity index (χ0n) is 14.5. The van der Waals surface area contributed by atoms with E-state index in [1.165, 1.54) is 36.1 Å². The molecule has 136 valence electrons. The van der Waals surface area contributed by atoms with Gasteiger partial charge in [-0.25, -0.2) is 5.43 Å². The molecule has 0 aliphatic carbocycles. The van der Waals surface area contributed by atoms with Crippen molar-refractivity contribution in [1.82, 2.24) is 9.99 Å². The van der Waals surface area contributed by atoms with E-state index < -0.39 is 16.4 Å². The SMILES string of the molecule is COc1ccc(/C=N\NC(=O)c2cccn(C(C)C)c2=O)cc1[N+](=O)[O-]. The fourth-order valence-electron chi connectivity index (χ4n) is 2.25. The third kappa shape index (κ3) is 4.12. The van der Waals surface area contributed by atoms with Gasteiger partial charge in [-0.1, -0.05) is 0 Å². The van der Waals surface area contributed by atoms with Gasteiger partial charge in [-0.2, -0.15) is 5.10 Å². The first kappa shape index (κ1) is 18.8. The van der Waals surface area contributed by atoms with Crippen molar-refractivity contribution in [2.75, 3.05) is 7.11 Å². The molecule has 26 heavy (non-hydrogen) atoms. The number of hydrogen-bond donors (Lipinski definition) is 1. The highest BCUT2D eigenvalue weighted by atomic mass is 16.6. The van der Waals surface area contributed by atoms with Gasteiger partial charge in [0.05, 0.1) is 18.2 Å². The molecule has 2 rings (SSSR count). The van der Waals surface area contributed by atoms with Crippen molar-refractivity contribution in [2.45, 2.75) is 19.9 Å². The Morgan fingerprint density at radius 1 is 1.38 bits per heavy atom. The summed E-state index contributed by atoms with van der Waals surface area (Å²) in [6.07, 6.45) is 2.85. The molecule has 0 aliphatic heterocycles. The molecule has 0 saturated carbocycles. The average Bonchev–Trinajstić information content (AvgIpc) is 2.61. The Bertz CT molecular complexity index is 918. The number of nitro groups is 1. The molecule has 1 heterocycles. The Labute approximate surface area is 149 Å². The number of aromatic nitrogens is 1. The zero-order valence-corrected chi connectivity index (χ0v) is 14.5. The second-order valence-electron chi connectivity index (χ2n) is 5.62. The molecule has 0 atom stereocenters. The van der Waals surface area contributed by atoms with Crippen molar-refractivity contribution in [3.05, 3.63) is 68.1 Å². The third-order valence-corrected chi connectivity index (χ3v) is 3.55. The molecule has 0 unspecified atom stereocenters. The first-order valence-electron chi connectivity index (χ1n) is 7.72. The maximum atomic E-state index is 12.2. The van der Waals surface area contributed by atoms with E-state index in [1.807, 2.05) is 13.8 Å². The second kappa shape index (κ2) is 8.06. The summed E-state index contributed by atoms with van der Waals surface area (Å²) < 4.78 is 6.35. The number of pyridine rings is 1. The maximum absolute atomic E-state index is 12.2. The van der Waals surface area contributed by atoms with Gasteiger partial charge in [0.25, 0.3) is 11.5 Å². The van der Waals surface area contributed by atoms with Crippen molar-refractivity contribution < 1.29 is 14.5 Å². The Balaban J connectivity index is 2.18. The molecular formula is C17H18N4O5. The van der Waals surface area contributed by atoms with E-state index in [0.717, 1.165) is 0 Å². The molecule has 1 N–H and O–H groups in total. The molecule has 0 radical (unpaired) electrons. The number of carbonyl (C=O) groups excluding carboxylic acids is 1. The van der Waals surface area contributed by atoms with Crippen molar-refractivity contribution >= 4 is 17.8 Å². The normalized spacial score (nSPS) is 10.9. The van der Waals surface area contributed by atoms with Gasteiger partial charge in [-0.05, 0) is 38.1 Å². The van der Waals surface area contributed by atoms with Gasteiger partial charge in [-0.15, -0.1) is 0 Å². The van der Waals surface area contributed by atoms with Crippen LogP contribution < -0.4 is 15.7 Å². The highest BCUT2D eigenvalue weighted by Gasteiger charge is 2.15. The lowest BCUT2D eigenvalue weighted by Crippen LogP contribution is -2.31. The van der Waals surface area contributed by atoms with E-state index in [4.69, 9.17) is 4.74 Å². The van der Waals surface area contributed by atoms with Crippen molar-refractivity contribution in [3.8, 4) is 5.75 Å². The van der Waals surface area contributed by atoms with E-state index in [1.54, 1.807) is 18.3 Å². The van der Waals surface area contributed by atoms with E-state index in [-0.39, 0.29) is 23.0 Å². The van der Waals surface area contributed by atoms with Gasteiger partial charge in [0.1, 0.15) is 5.56 Å². The van der Waals surface area contributed by atoms with Gasteiger partial charge >= 0.3 is 5.69 Å². The van der Waals surface area contributed by atoms with Gasteiger partial charge in [0, 0.05) is 23.9 Å². The van der Waals surface area contributed by atoms with Crippen LogP contribution in [-0.2, 0) is 0 Å². The molecule has 1 amide bonds. The predicted octanol–water partition coefficient (Wildman–Crippen LogP) is 2.11. The minimum absolute atomic E-state index is 0.0425. The molecular weight excluding hydrogens is 340 g/mol. The minimum atomic E-state index is -0.663. The molecule has 0 fully saturated rings. The van der Waals surface area contributed by atoms with Gasteiger partial charge in [-0.3, -0.25) is 19.7 Å². The fourth-order valence-corrected chi connectivity index (χ4v) is 2.25. The van der Waals surface area contributed by atoms with Crippen LogP contribution in [-0.4, -0.2) is 28.7 Å². The highest BCUT2D eigenvalue weighted by Crippen LogP contribution is 2.26. The Morgan fingerprint density at radius 3 is 2.73 bits per heavy atom. The standard InChI is InChI=1S/C17H18N4O5/c1-11(2)20-8-4-5-13(17(20)23)16(22)19-18-10-12-6-7-15(26-3)14(9-12)21(24)25/h4-11H,1-3H3,(H,19,22)/b18-10-. The van der Waals surface area contributed by atoms with Crippen molar-refractivity contribution in [1.29, 1.82) is 0 Å².